The molecule has 0 amide bonds. The molecular weight excluding hydrogens is 302 g/mol. The molecule has 0 aliphatic rings. The fourth-order valence-electron chi connectivity index (χ4n) is 2.08. The molecule has 0 aromatic heterocycles. The van der Waals surface area contributed by atoms with Gasteiger partial charge in [0.15, 0.2) is 0 Å². The van der Waals surface area contributed by atoms with Gasteiger partial charge in [0, 0.05) is 13.2 Å². The maximum atomic E-state index is 11.9. The normalized spacial score (nSPS) is 11.5. The van der Waals surface area contributed by atoms with Crippen molar-refractivity contribution in [2.24, 2.45) is 0 Å². The first-order valence-electron chi connectivity index (χ1n) is 6.97. The molecule has 5 nitrogen and oxygen atoms in total. The second kappa shape index (κ2) is 7.51. The maximum Gasteiger partial charge on any atom is 0.240 e. The molecule has 118 valence electrons. The predicted molar refractivity (Wildman–Crippen MR) is 84.9 cm³/mol. The molecule has 6 heteroatoms. The summed E-state index contributed by atoms with van der Waals surface area (Å²) in [7, 11) is -3.57. The van der Waals surface area contributed by atoms with Gasteiger partial charge in [-0.3, -0.25) is 0 Å². The summed E-state index contributed by atoms with van der Waals surface area (Å²) in [5, 5.41) is 17.6. The Morgan fingerprint density at radius 1 is 0.818 bits per heavy atom. The van der Waals surface area contributed by atoms with Gasteiger partial charge in [-0.05, 0) is 35.2 Å². The molecule has 3 N–H and O–H groups in total. The lowest BCUT2D eigenvalue weighted by molar-refractivity contribution is 0.299. The summed E-state index contributed by atoms with van der Waals surface area (Å²) in [4.78, 5) is 0.168. The van der Waals surface area contributed by atoms with E-state index in [1.54, 1.807) is 12.1 Å². The summed E-state index contributed by atoms with van der Waals surface area (Å²) in [6.45, 7) is -0.124. The smallest absolute Gasteiger partial charge is 0.240 e. The Hall–Kier alpha value is -1.73. The van der Waals surface area contributed by atoms with Crippen molar-refractivity contribution in [1.29, 1.82) is 0 Å². The van der Waals surface area contributed by atoms with E-state index in [1.165, 1.54) is 12.1 Å². The lowest BCUT2D eigenvalue weighted by atomic mass is 10.0. The molecule has 0 atom stereocenters. The van der Waals surface area contributed by atoms with Gasteiger partial charge in [0.1, 0.15) is 0 Å². The average molecular weight is 321 g/mol. The third kappa shape index (κ3) is 4.14. The quantitative estimate of drug-likeness (QED) is 0.714. The first-order chi connectivity index (χ1) is 10.6. The summed E-state index contributed by atoms with van der Waals surface area (Å²) in [5.41, 5.74) is 2.95. The Balaban J connectivity index is 2.18. The minimum atomic E-state index is -3.57. The predicted octanol–water partition coefficient (Wildman–Crippen LogP) is 1.16. The standard InChI is InChI=1S/C16H19NO4S/c18-11-9-13-1-3-14(4-2-13)15-5-7-16(8-6-15)22(20,21)17-10-12-19/h1-8,17-19H,9-12H2. The van der Waals surface area contributed by atoms with Crippen molar-refractivity contribution in [2.45, 2.75) is 11.3 Å². The van der Waals surface area contributed by atoms with Gasteiger partial charge in [0.05, 0.1) is 11.5 Å². The Bertz CT molecular complexity index is 694. The van der Waals surface area contributed by atoms with E-state index < -0.39 is 10.0 Å². The monoisotopic (exact) mass is 321 g/mol. The van der Waals surface area contributed by atoms with E-state index in [0.717, 1.165) is 16.7 Å². The van der Waals surface area contributed by atoms with Crippen LogP contribution in [-0.2, 0) is 16.4 Å². The van der Waals surface area contributed by atoms with Gasteiger partial charge < -0.3 is 10.2 Å². The van der Waals surface area contributed by atoms with Crippen LogP contribution in [-0.4, -0.2) is 38.4 Å². The van der Waals surface area contributed by atoms with Crippen LogP contribution in [0.5, 0.6) is 0 Å². The molecule has 0 saturated heterocycles. The van der Waals surface area contributed by atoms with Gasteiger partial charge in [-0.15, -0.1) is 0 Å². The van der Waals surface area contributed by atoms with Crippen molar-refractivity contribution in [1.82, 2.24) is 4.72 Å². The van der Waals surface area contributed by atoms with Crippen molar-refractivity contribution in [3.8, 4) is 11.1 Å². The van der Waals surface area contributed by atoms with Crippen LogP contribution in [0.3, 0.4) is 0 Å². The Morgan fingerprint density at radius 3 is 1.86 bits per heavy atom. The van der Waals surface area contributed by atoms with E-state index >= 15 is 0 Å². The highest BCUT2D eigenvalue weighted by molar-refractivity contribution is 7.89. The molecular formula is C16H19NO4S. The zero-order valence-electron chi connectivity index (χ0n) is 12.1. The first-order valence-corrected chi connectivity index (χ1v) is 8.46. The number of hydrogen-bond donors (Lipinski definition) is 3. The molecule has 0 heterocycles. The molecule has 0 radical (unpaired) electrons. The van der Waals surface area contributed by atoms with Crippen molar-refractivity contribution in [2.75, 3.05) is 19.8 Å². The highest BCUT2D eigenvalue weighted by Gasteiger charge is 2.12. The third-order valence-electron chi connectivity index (χ3n) is 3.26. The number of sulfonamides is 1. The van der Waals surface area contributed by atoms with Crippen molar-refractivity contribution in [3.05, 3.63) is 54.1 Å². The minimum Gasteiger partial charge on any atom is -0.396 e. The minimum absolute atomic E-state index is 0.00357. The van der Waals surface area contributed by atoms with E-state index in [0.29, 0.717) is 6.42 Å². The number of benzene rings is 2. The van der Waals surface area contributed by atoms with E-state index in [2.05, 4.69) is 4.72 Å². The van der Waals surface area contributed by atoms with Gasteiger partial charge >= 0.3 is 0 Å². The van der Waals surface area contributed by atoms with Gasteiger partial charge in [-0.1, -0.05) is 36.4 Å². The zero-order valence-corrected chi connectivity index (χ0v) is 12.9. The lowest BCUT2D eigenvalue weighted by Gasteiger charge is -2.07. The van der Waals surface area contributed by atoms with Crippen molar-refractivity contribution < 1.29 is 18.6 Å². The molecule has 2 aromatic rings. The Labute approximate surface area is 130 Å². The summed E-state index contributed by atoms with van der Waals surface area (Å²) >= 11 is 0. The highest BCUT2D eigenvalue weighted by Crippen LogP contribution is 2.22. The lowest BCUT2D eigenvalue weighted by Crippen LogP contribution is -2.26. The molecule has 0 saturated carbocycles. The summed E-state index contributed by atoms with van der Waals surface area (Å²) in [6.07, 6.45) is 0.619. The molecule has 0 bridgehead atoms. The molecule has 0 fully saturated rings. The summed E-state index contributed by atoms with van der Waals surface area (Å²) in [5.74, 6) is 0. The van der Waals surface area contributed by atoms with E-state index in [-0.39, 0.29) is 24.7 Å². The SMILES string of the molecule is O=S(=O)(NCCO)c1ccc(-c2ccc(CCO)cc2)cc1. The average Bonchev–Trinajstić information content (AvgIpc) is 2.54. The number of nitrogens with one attached hydrogen (secondary N) is 1. The molecule has 22 heavy (non-hydrogen) atoms. The maximum absolute atomic E-state index is 11.9. The van der Waals surface area contributed by atoms with Gasteiger partial charge in [-0.25, -0.2) is 13.1 Å². The Kier molecular flexibility index (Phi) is 5.68. The van der Waals surface area contributed by atoms with Crippen LogP contribution >= 0.6 is 0 Å². The van der Waals surface area contributed by atoms with Crippen LogP contribution in [0.2, 0.25) is 0 Å². The molecule has 0 aliphatic heterocycles. The van der Waals surface area contributed by atoms with Crippen LogP contribution in [0, 0.1) is 0 Å². The first kappa shape index (κ1) is 16.6. The number of aliphatic hydroxyl groups excluding tert-OH is 2. The summed E-state index contributed by atoms with van der Waals surface area (Å²) < 4.78 is 26.1. The highest BCUT2D eigenvalue weighted by atomic mass is 32.2. The second-order valence-electron chi connectivity index (χ2n) is 4.82. The van der Waals surface area contributed by atoms with Crippen molar-refractivity contribution >= 4 is 10.0 Å². The Morgan fingerprint density at radius 2 is 1.36 bits per heavy atom. The molecule has 2 aromatic carbocycles. The number of rotatable bonds is 7. The second-order valence-corrected chi connectivity index (χ2v) is 6.58. The number of hydrogen-bond acceptors (Lipinski definition) is 4. The fraction of sp³-hybridized carbons (Fsp3) is 0.250. The van der Waals surface area contributed by atoms with E-state index in [1.807, 2.05) is 24.3 Å². The van der Waals surface area contributed by atoms with Crippen molar-refractivity contribution in [3.63, 3.8) is 0 Å². The van der Waals surface area contributed by atoms with Crippen LogP contribution in [0.1, 0.15) is 5.56 Å². The largest absolute Gasteiger partial charge is 0.396 e. The van der Waals surface area contributed by atoms with Crippen LogP contribution < -0.4 is 4.72 Å². The van der Waals surface area contributed by atoms with E-state index in [9.17, 15) is 8.42 Å². The molecule has 2 rings (SSSR count). The fourth-order valence-corrected chi connectivity index (χ4v) is 3.10. The molecule has 0 aliphatic carbocycles. The third-order valence-corrected chi connectivity index (χ3v) is 4.73. The van der Waals surface area contributed by atoms with Crippen LogP contribution in [0.4, 0.5) is 0 Å². The van der Waals surface area contributed by atoms with Crippen LogP contribution in [0.25, 0.3) is 11.1 Å². The van der Waals surface area contributed by atoms with Crippen LogP contribution in [0.15, 0.2) is 53.4 Å². The zero-order chi connectivity index (χ0) is 16.0. The summed E-state index contributed by atoms with van der Waals surface area (Å²) in [6, 6.07) is 14.3. The van der Waals surface area contributed by atoms with E-state index in [4.69, 9.17) is 10.2 Å². The van der Waals surface area contributed by atoms with Gasteiger partial charge in [0.2, 0.25) is 10.0 Å². The molecule has 0 spiro atoms. The number of aliphatic hydroxyl groups is 2. The van der Waals surface area contributed by atoms with Gasteiger partial charge in [0.25, 0.3) is 0 Å². The van der Waals surface area contributed by atoms with Gasteiger partial charge in [-0.2, -0.15) is 0 Å². The molecule has 0 unspecified atom stereocenters. The topological polar surface area (TPSA) is 86.6 Å².